The lowest BCUT2D eigenvalue weighted by atomic mass is 10.2. The second kappa shape index (κ2) is 5.53. The highest BCUT2D eigenvalue weighted by molar-refractivity contribution is 6.30. The van der Waals surface area contributed by atoms with Gasteiger partial charge in [0.15, 0.2) is 5.75 Å². The van der Waals surface area contributed by atoms with E-state index in [2.05, 4.69) is 4.98 Å². The van der Waals surface area contributed by atoms with E-state index in [0.717, 1.165) is 0 Å². The number of halogens is 1. The third-order valence-corrected chi connectivity index (χ3v) is 2.66. The SMILES string of the molecule is Nc1ncccc1COc1ccc(Cl)cc1[N+](=O)[O-]. The number of pyridine rings is 1. The smallest absolute Gasteiger partial charge is 0.312 e. The quantitative estimate of drug-likeness (QED) is 0.686. The Morgan fingerprint density at radius 3 is 2.89 bits per heavy atom. The number of aromatic nitrogens is 1. The van der Waals surface area contributed by atoms with Crippen LogP contribution in [-0.4, -0.2) is 9.91 Å². The summed E-state index contributed by atoms with van der Waals surface area (Å²) >= 11 is 5.71. The van der Waals surface area contributed by atoms with E-state index in [1.54, 1.807) is 18.3 Å². The molecule has 0 fully saturated rings. The minimum absolute atomic E-state index is 0.0994. The molecule has 0 spiro atoms. The zero-order chi connectivity index (χ0) is 13.8. The molecule has 0 aliphatic carbocycles. The number of anilines is 1. The van der Waals surface area contributed by atoms with Gasteiger partial charge in [-0.05, 0) is 18.2 Å². The van der Waals surface area contributed by atoms with Crippen molar-refractivity contribution in [2.24, 2.45) is 0 Å². The number of nitrogen functional groups attached to an aromatic ring is 1. The van der Waals surface area contributed by atoms with E-state index in [1.165, 1.54) is 18.2 Å². The van der Waals surface area contributed by atoms with Gasteiger partial charge < -0.3 is 10.5 Å². The van der Waals surface area contributed by atoms with Crippen molar-refractivity contribution in [1.29, 1.82) is 0 Å². The largest absolute Gasteiger partial charge is 0.482 e. The fourth-order valence-electron chi connectivity index (χ4n) is 1.48. The molecule has 0 aliphatic rings. The van der Waals surface area contributed by atoms with Gasteiger partial charge >= 0.3 is 5.69 Å². The van der Waals surface area contributed by atoms with Crippen LogP contribution in [-0.2, 0) is 6.61 Å². The van der Waals surface area contributed by atoms with Gasteiger partial charge in [0.1, 0.15) is 12.4 Å². The maximum absolute atomic E-state index is 10.9. The number of hydrogen-bond donors (Lipinski definition) is 1. The molecule has 6 nitrogen and oxygen atoms in total. The van der Waals surface area contributed by atoms with E-state index in [-0.39, 0.29) is 23.1 Å². The average molecular weight is 280 g/mol. The van der Waals surface area contributed by atoms with Crippen molar-refractivity contribution in [3.8, 4) is 5.75 Å². The van der Waals surface area contributed by atoms with Crippen LogP contribution in [0, 0.1) is 10.1 Å². The Kier molecular flexibility index (Phi) is 3.82. The number of nitro groups is 1. The highest BCUT2D eigenvalue weighted by atomic mass is 35.5. The zero-order valence-electron chi connectivity index (χ0n) is 9.75. The lowest BCUT2D eigenvalue weighted by Crippen LogP contribution is -2.03. The molecule has 2 N–H and O–H groups in total. The van der Waals surface area contributed by atoms with Crippen LogP contribution in [0.25, 0.3) is 0 Å². The van der Waals surface area contributed by atoms with Crippen LogP contribution in [0.1, 0.15) is 5.56 Å². The van der Waals surface area contributed by atoms with Crippen LogP contribution in [0.15, 0.2) is 36.5 Å². The van der Waals surface area contributed by atoms with E-state index in [0.29, 0.717) is 11.4 Å². The first kappa shape index (κ1) is 13.1. The molecule has 2 rings (SSSR count). The molecule has 98 valence electrons. The van der Waals surface area contributed by atoms with Gasteiger partial charge in [-0.1, -0.05) is 17.7 Å². The summed E-state index contributed by atoms with van der Waals surface area (Å²) < 4.78 is 5.40. The highest BCUT2D eigenvalue weighted by Gasteiger charge is 2.16. The number of ether oxygens (including phenoxy) is 1. The minimum atomic E-state index is -0.548. The summed E-state index contributed by atoms with van der Waals surface area (Å²) in [5.74, 6) is 0.469. The summed E-state index contributed by atoms with van der Waals surface area (Å²) in [6.07, 6.45) is 1.56. The number of benzene rings is 1. The molecule has 1 aromatic heterocycles. The van der Waals surface area contributed by atoms with E-state index >= 15 is 0 Å². The van der Waals surface area contributed by atoms with Gasteiger partial charge in [0.25, 0.3) is 0 Å². The van der Waals surface area contributed by atoms with Crippen LogP contribution >= 0.6 is 11.6 Å². The molecule has 2 aromatic rings. The summed E-state index contributed by atoms with van der Waals surface area (Å²) in [6, 6.07) is 7.67. The maximum Gasteiger partial charge on any atom is 0.312 e. The second-order valence-electron chi connectivity index (χ2n) is 3.71. The highest BCUT2D eigenvalue weighted by Crippen LogP contribution is 2.30. The molecule has 0 aliphatic heterocycles. The van der Waals surface area contributed by atoms with Crippen LogP contribution < -0.4 is 10.5 Å². The molecule has 0 unspecified atom stereocenters. The zero-order valence-corrected chi connectivity index (χ0v) is 10.5. The predicted octanol–water partition coefficient (Wildman–Crippen LogP) is 2.80. The Morgan fingerprint density at radius 2 is 2.21 bits per heavy atom. The standard InChI is InChI=1S/C12H10ClN3O3/c13-9-3-4-11(10(6-9)16(17)18)19-7-8-2-1-5-15-12(8)14/h1-6H,7H2,(H2,14,15). The van der Waals surface area contributed by atoms with E-state index in [9.17, 15) is 10.1 Å². The molecule has 0 saturated heterocycles. The molecule has 0 radical (unpaired) electrons. The van der Waals surface area contributed by atoms with Crippen LogP contribution in [0.3, 0.4) is 0 Å². The van der Waals surface area contributed by atoms with Crippen molar-refractivity contribution < 1.29 is 9.66 Å². The average Bonchev–Trinajstić information content (AvgIpc) is 2.38. The maximum atomic E-state index is 10.9. The van der Waals surface area contributed by atoms with Crippen molar-refractivity contribution in [2.75, 3.05) is 5.73 Å². The molecular formula is C12H10ClN3O3. The number of nitro benzene ring substituents is 1. The summed E-state index contributed by atoms with van der Waals surface area (Å²) in [4.78, 5) is 14.2. The third-order valence-electron chi connectivity index (χ3n) is 2.43. The van der Waals surface area contributed by atoms with Crippen molar-refractivity contribution in [1.82, 2.24) is 4.98 Å². The van der Waals surface area contributed by atoms with Gasteiger partial charge in [0, 0.05) is 22.8 Å². The molecule has 0 bridgehead atoms. The number of rotatable bonds is 4. The van der Waals surface area contributed by atoms with Crippen molar-refractivity contribution in [3.05, 3.63) is 57.2 Å². The van der Waals surface area contributed by atoms with Crippen LogP contribution in [0.4, 0.5) is 11.5 Å². The molecule has 19 heavy (non-hydrogen) atoms. The Labute approximate surface area is 113 Å². The topological polar surface area (TPSA) is 91.3 Å². The third kappa shape index (κ3) is 3.11. The van der Waals surface area contributed by atoms with Crippen LogP contribution in [0.5, 0.6) is 5.75 Å². The van der Waals surface area contributed by atoms with Crippen molar-refractivity contribution >= 4 is 23.1 Å². The molecule has 1 heterocycles. The van der Waals surface area contributed by atoms with Gasteiger partial charge in [-0.25, -0.2) is 4.98 Å². The predicted molar refractivity (Wildman–Crippen MR) is 71.1 cm³/mol. The van der Waals surface area contributed by atoms with Gasteiger partial charge in [0.05, 0.1) is 4.92 Å². The lowest BCUT2D eigenvalue weighted by Gasteiger charge is -2.08. The number of nitrogens with zero attached hydrogens (tertiary/aromatic N) is 2. The van der Waals surface area contributed by atoms with Crippen LogP contribution in [0.2, 0.25) is 5.02 Å². The monoisotopic (exact) mass is 279 g/mol. The Hall–Kier alpha value is -2.34. The van der Waals surface area contributed by atoms with Crippen molar-refractivity contribution in [3.63, 3.8) is 0 Å². The Balaban J connectivity index is 2.20. The molecule has 0 amide bonds. The molecule has 0 saturated carbocycles. The van der Waals surface area contributed by atoms with Gasteiger partial charge in [-0.15, -0.1) is 0 Å². The molecule has 7 heteroatoms. The minimum Gasteiger partial charge on any atom is -0.482 e. The lowest BCUT2D eigenvalue weighted by molar-refractivity contribution is -0.385. The van der Waals surface area contributed by atoms with Gasteiger partial charge in [-0.2, -0.15) is 0 Å². The van der Waals surface area contributed by atoms with E-state index in [1.807, 2.05) is 0 Å². The van der Waals surface area contributed by atoms with E-state index < -0.39 is 4.92 Å². The number of nitrogens with two attached hydrogens (primary N) is 1. The first-order valence-corrected chi connectivity index (χ1v) is 5.72. The van der Waals surface area contributed by atoms with Gasteiger partial charge in [0.2, 0.25) is 0 Å². The summed E-state index contributed by atoms with van der Waals surface area (Å²) in [5.41, 5.74) is 6.13. The summed E-state index contributed by atoms with van der Waals surface area (Å²) in [5, 5.41) is 11.2. The summed E-state index contributed by atoms with van der Waals surface area (Å²) in [7, 11) is 0. The number of hydrogen-bond acceptors (Lipinski definition) is 5. The summed E-state index contributed by atoms with van der Waals surface area (Å²) in [6.45, 7) is 0.0994. The molecule has 0 atom stereocenters. The van der Waals surface area contributed by atoms with Gasteiger partial charge in [-0.3, -0.25) is 10.1 Å². The normalized spacial score (nSPS) is 10.2. The second-order valence-corrected chi connectivity index (χ2v) is 4.14. The fraction of sp³-hybridized carbons (Fsp3) is 0.0833. The molecule has 1 aromatic carbocycles. The first-order chi connectivity index (χ1) is 9.08. The fourth-order valence-corrected chi connectivity index (χ4v) is 1.65. The Morgan fingerprint density at radius 1 is 1.42 bits per heavy atom. The van der Waals surface area contributed by atoms with Crippen molar-refractivity contribution in [2.45, 2.75) is 6.61 Å². The molecular weight excluding hydrogens is 270 g/mol. The Bertz CT molecular complexity index is 619. The first-order valence-electron chi connectivity index (χ1n) is 5.34. The van der Waals surface area contributed by atoms with E-state index in [4.69, 9.17) is 22.1 Å².